The Balaban J connectivity index is 2.17. The number of esters is 1. The van der Waals surface area contributed by atoms with Gasteiger partial charge in [-0.05, 0) is 13.0 Å². The first-order valence-corrected chi connectivity index (χ1v) is 6.47. The molecule has 3 N–H and O–H groups in total. The average Bonchev–Trinajstić information content (AvgIpc) is 2.82. The molecule has 0 saturated heterocycles. The maximum absolute atomic E-state index is 11.6. The van der Waals surface area contributed by atoms with Crippen LogP contribution in [0.5, 0.6) is 0 Å². The number of anilines is 2. The predicted octanol–water partition coefficient (Wildman–Crippen LogP) is 1.83. The highest BCUT2D eigenvalue weighted by Gasteiger charge is 2.13. The molecule has 2 aromatic rings. The van der Waals surface area contributed by atoms with Gasteiger partial charge in [0.2, 0.25) is 0 Å². The van der Waals surface area contributed by atoms with Gasteiger partial charge in [0.1, 0.15) is 11.4 Å². The number of nitrogens with zero attached hydrogens (tertiary/aromatic N) is 2. The van der Waals surface area contributed by atoms with Crippen LogP contribution >= 0.6 is 11.3 Å². The molecule has 19 heavy (non-hydrogen) atoms. The van der Waals surface area contributed by atoms with E-state index in [4.69, 9.17) is 10.5 Å². The summed E-state index contributed by atoms with van der Waals surface area (Å²) in [5, 5.41) is 6.01. The smallest absolute Gasteiger partial charge is 0.341 e. The van der Waals surface area contributed by atoms with Gasteiger partial charge in [0.25, 0.3) is 0 Å². The maximum Gasteiger partial charge on any atom is 0.341 e. The molecule has 0 aliphatic rings. The fraction of sp³-hybridized carbons (Fsp3) is 0.250. The molecular formula is C12H14N4O2S. The number of carbonyl (C=O) groups is 1. The van der Waals surface area contributed by atoms with Gasteiger partial charge in [-0.1, -0.05) is 0 Å². The van der Waals surface area contributed by atoms with Gasteiger partial charge in [-0.3, -0.25) is 0 Å². The second kappa shape index (κ2) is 5.66. The zero-order valence-corrected chi connectivity index (χ0v) is 11.5. The van der Waals surface area contributed by atoms with Crippen molar-refractivity contribution in [2.75, 3.05) is 18.2 Å². The Hall–Kier alpha value is -2.15. The van der Waals surface area contributed by atoms with Gasteiger partial charge in [-0.15, -0.1) is 11.3 Å². The third kappa shape index (κ3) is 3.19. The Morgan fingerprint density at radius 3 is 3.00 bits per heavy atom. The first-order chi connectivity index (χ1) is 9.10. The first-order valence-electron chi connectivity index (χ1n) is 5.59. The molecule has 7 heteroatoms. The standard InChI is InChI=1S/C12H14N4O2S/c1-7-16-9(6-19-7)5-15-11-10(12(17)18-2)3-8(13)4-14-11/h3-4,6H,5,13H2,1-2H3,(H,14,15). The van der Waals surface area contributed by atoms with Gasteiger partial charge in [-0.25, -0.2) is 14.8 Å². The van der Waals surface area contributed by atoms with Gasteiger partial charge < -0.3 is 15.8 Å². The van der Waals surface area contributed by atoms with Crippen molar-refractivity contribution in [2.45, 2.75) is 13.5 Å². The number of hydrogen-bond donors (Lipinski definition) is 2. The molecule has 0 fully saturated rings. The van der Waals surface area contributed by atoms with Crippen LogP contribution in [0.3, 0.4) is 0 Å². The van der Waals surface area contributed by atoms with E-state index in [1.807, 2.05) is 12.3 Å². The Bertz CT molecular complexity index is 597. The highest BCUT2D eigenvalue weighted by atomic mass is 32.1. The second-order valence-electron chi connectivity index (χ2n) is 3.87. The van der Waals surface area contributed by atoms with Gasteiger partial charge in [0, 0.05) is 5.38 Å². The van der Waals surface area contributed by atoms with Crippen LogP contribution in [-0.2, 0) is 11.3 Å². The molecule has 0 aromatic carbocycles. The number of methoxy groups -OCH3 is 1. The summed E-state index contributed by atoms with van der Waals surface area (Å²) in [5.74, 6) is -0.0385. The summed E-state index contributed by atoms with van der Waals surface area (Å²) in [4.78, 5) is 20.1. The van der Waals surface area contributed by atoms with E-state index in [1.165, 1.54) is 19.4 Å². The molecule has 2 rings (SSSR count). The third-order valence-corrected chi connectivity index (χ3v) is 3.24. The summed E-state index contributed by atoms with van der Waals surface area (Å²) in [5.41, 5.74) is 7.25. The lowest BCUT2D eigenvalue weighted by molar-refractivity contribution is 0.0601. The van der Waals surface area contributed by atoms with Crippen molar-refractivity contribution in [1.82, 2.24) is 9.97 Å². The highest BCUT2D eigenvalue weighted by molar-refractivity contribution is 7.09. The van der Waals surface area contributed by atoms with E-state index in [1.54, 1.807) is 11.3 Å². The number of aryl methyl sites for hydroxylation is 1. The number of nitrogen functional groups attached to an aromatic ring is 1. The van der Waals surface area contributed by atoms with Crippen molar-refractivity contribution < 1.29 is 9.53 Å². The highest BCUT2D eigenvalue weighted by Crippen LogP contribution is 2.18. The van der Waals surface area contributed by atoms with Crippen LogP contribution in [0.2, 0.25) is 0 Å². The van der Waals surface area contributed by atoms with Gasteiger partial charge >= 0.3 is 5.97 Å². The van der Waals surface area contributed by atoms with E-state index in [9.17, 15) is 4.79 Å². The Labute approximate surface area is 114 Å². The molecule has 0 saturated carbocycles. The van der Waals surface area contributed by atoms with Crippen LogP contribution < -0.4 is 11.1 Å². The lowest BCUT2D eigenvalue weighted by atomic mass is 10.2. The van der Waals surface area contributed by atoms with Crippen LogP contribution in [0.1, 0.15) is 21.1 Å². The minimum absolute atomic E-state index is 0.314. The number of pyridine rings is 1. The summed E-state index contributed by atoms with van der Waals surface area (Å²) in [6.07, 6.45) is 1.49. The number of ether oxygens (including phenoxy) is 1. The van der Waals surface area contributed by atoms with E-state index >= 15 is 0 Å². The lowest BCUT2D eigenvalue weighted by Crippen LogP contribution is -2.11. The van der Waals surface area contributed by atoms with Crippen molar-refractivity contribution in [2.24, 2.45) is 0 Å². The van der Waals surface area contributed by atoms with Crippen molar-refractivity contribution >= 4 is 28.8 Å². The fourth-order valence-electron chi connectivity index (χ4n) is 1.55. The normalized spacial score (nSPS) is 10.2. The number of rotatable bonds is 4. The summed E-state index contributed by atoms with van der Waals surface area (Å²) >= 11 is 1.57. The van der Waals surface area contributed by atoms with E-state index in [2.05, 4.69) is 15.3 Å². The van der Waals surface area contributed by atoms with Gasteiger partial charge in [0.15, 0.2) is 0 Å². The van der Waals surface area contributed by atoms with Gasteiger partial charge in [0.05, 0.1) is 36.2 Å². The van der Waals surface area contributed by atoms with Crippen LogP contribution in [0.4, 0.5) is 11.5 Å². The quantitative estimate of drug-likeness (QED) is 0.829. The average molecular weight is 278 g/mol. The minimum atomic E-state index is -0.475. The van der Waals surface area contributed by atoms with E-state index in [0.29, 0.717) is 23.6 Å². The molecule has 6 nitrogen and oxygen atoms in total. The van der Waals surface area contributed by atoms with Crippen LogP contribution in [0.15, 0.2) is 17.6 Å². The van der Waals surface area contributed by atoms with Crippen LogP contribution in [-0.4, -0.2) is 23.0 Å². The molecular weight excluding hydrogens is 264 g/mol. The molecule has 2 aromatic heterocycles. The van der Waals surface area contributed by atoms with Crippen molar-refractivity contribution in [3.8, 4) is 0 Å². The molecule has 0 aliphatic heterocycles. The van der Waals surface area contributed by atoms with E-state index in [-0.39, 0.29) is 0 Å². The molecule has 0 bridgehead atoms. The Kier molecular flexibility index (Phi) is 3.96. The summed E-state index contributed by atoms with van der Waals surface area (Å²) in [7, 11) is 1.32. The number of carbonyl (C=O) groups excluding carboxylic acids is 1. The fourth-order valence-corrected chi connectivity index (χ4v) is 2.16. The first kappa shape index (κ1) is 13.3. The van der Waals surface area contributed by atoms with E-state index < -0.39 is 5.97 Å². The number of nitrogens with one attached hydrogen (secondary N) is 1. The van der Waals surface area contributed by atoms with E-state index in [0.717, 1.165) is 10.7 Å². The molecule has 0 atom stereocenters. The maximum atomic E-state index is 11.6. The van der Waals surface area contributed by atoms with Crippen molar-refractivity contribution in [1.29, 1.82) is 0 Å². The van der Waals surface area contributed by atoms with Crippen LogP contribution in [0, 0.1) is 6.92 Å². The topological polar surface area (TPSA) is 90.1 Å². The number of thiazole rings is 1. The zero-order chi connectivity index (χ0) is 13.8. The third-order valence-electron chi connectivity index (χ3n) is 2.42. The largest absolute Gasteiger partial charge is 0.465 e. The van der Waals surface area contributed by atoms with Crippen molar-refractivity contribution in [3.05, 3.63) is 33.9 Å². The monoisotopic (exact) mass is 278 g/mol. The lowest BCUT2D eigenvalue weighted by Gasteiger charge is -2.09. The number of hydrogen-bond acceptors (Lipinski definition) is 7. The molecule has 2 heterocycles. The minimum Gasteiger partial charge on any atom is -0.465 e. The second-order valence-corrected chi connectivity index (χ2v) is 4.93. The number of aromatic nitrogens is 2. The summed E-state index contributed by atoms with van der Waals surface area (Å²) < 4.78 is 4.70. The summed E-state index contributed by atoms with van der Waals surface area (Å²) in [6.45, 7) is 2.43. The predicted molar refractivity (Wildman–Crippen MR) is 74.2 cm³/mol. The van der Waals surface area contributed by atoms with Crippen molar-refractivity contribution in [3.63, 3.8) is 0 Å². The summed E-state index contributed by atoms with van der Waals surface area (Å²) in [6, 6.07) is 1.54. The molecule has 100 valence electrons. The SMILES string of the molecule is COC(=O)c1cc(N)cnc1NCc1csc(C)n1. The Morgan fingerprint density at radius 1 is 1.58 bits per heavy atom. The molecule has 0 aliphatic carbocycles. The molecule has 0 radical (unpaired) electrons. The molecule has 0 amide bonds. The molecule has 0 unspecified atom stereocenters. The molecule has 0 spiro atoms. The number of nitrogens with two attached hydrogens (primary N) is 1. The van der Waals surface area contributed by atoms with Gasteiger partial charge in [-0.2, -0.15) is 0 Å². The zero-order valence-electron chi connectivity index (χ0n) is 10.6. The Morgan fingerprint density at radius 2 is 2.37 bits per heavy atom. The van der Waals surface area contributed by atoms with Crippen LogP contribution in [0.25, 0.3) is 0 Å².